The van der Waals surface area contributed by atoms with Gasteiger partial charge in [-0.2, -0.15) is 0 Å². The highest BCUT2D eigenvalue weighted by atomic mass is 32.2. The molecule has 2 aromatic carbocycles. The number of hydrogen-bond acceptors (Lipinski definition) is 3. The second-order valence-corrected chi connectivity index (χ2v) is 6.79. The molecule has 0 unspecified atom stereocenters. The van der Waals surface area contributed by atoms with Crippen LogP contribution >= 0.6 is 11.8 Å². The second-order valence-electron chi connectivity index (χ2n) is 5.94. The zero-order valence-corrected chi connectivity index (χ0v) is 14.4. The highest BCUT2D eigenvalue weighted by Crippen LogP contribution is 2.26. The van der Waals surface area contributed by atoms with Crippen molar-refractivity contribution in [3.05, 3.63) is 65.5 Å². The number of thioether (sulfide) groups is 1. The number of piperidine rings is 1. The van der Waals surface area contributed by atoms with Crippen molar-refractivity contribution in [3.63, 3.8) is 0 Å². The van der Waals surface area contributed by atoms with Gasteiger partial charge in [0.1, 0.15) is 5.82 Å². The minimum Gasteiger partial charge on any atom is -0.348 e. The van der Waals surface area contributed by atoms with Gasteiger partial charge >= 0.3 is 0 Å². The van der Waals surface area contributed by atoms with Gasteiger partial charge in [0.25, 0.3) is 0 Å². The van der Waals surface area contributed by atoms with Crippen LogP contribution < -0.4 is 10.6 Å². The molecule has 2 atom stereocenters. The number of carbonyl (C=O) groups excluding carboxylic acids is 1. The van der Waals surface area contributed by atoms with Gasteiger partial charge in [0, 0.05) is 23.9 Å². The summed E-state index contributed by atoms with van der Waals surface area (Å²) in [6.07, 6.45) is 3.28. The Morgan fingerprint density at radius 2 is 2.04 bits per heavy atom. The second kappa shape index (κ2) is 7.81. The van der Waals surface area contributed by atoms with Crippen LogP contribution in [-0.4, -0.2) is 18.2 Å². The minimum absolute atomic E-state index is 0.0567. The summed E-state index contributed by atoms with van der Waals surface area (Å²) in [7, 11) is 0. The SMILES string of the molecule is CSc1ccc(F)cc1CN[C@H]1CCC(=O)N[C@H]1c1ccccc1. The Kier molecular flexibility index (Phi) is 5.53. The van der Waals surface area contributed by atoms with E-state index in [2.05, 4.69) is 10.6 Å². The summed E-state index contributed by atoms with van der Waals surface area (Å²) in [5, 5.41) is 6.59. The summed E-state index contributed by atoms with van der Waals surface area (Å²) in [5.41, 5.74) is 2.04. The van der Waals surface area contributed by atoms with Crippen molar-refractivity contribution < 1.29 is 9.18 Å². The van der Waals surface area contributed by atoms with Crippen LogP contribution in [0.2, 0.25) is 0 Å². The van der Waals surface area contributed by atoms with Crippen LogP contribution in [0.4, 0.5) is 4.39 Å². The van der Waals surface area contributed by atoms with Crippen LogP contribution in [-0.2, 0) is 11.3 Å². The molecule has 1 amide bonds. The molecule has 0 bridgehead atoms. The molecular formula is C19H21FN2OS. The fourth-order valence-corrected chi connectivity index (χ4v) is 3.72. The van der Waals surface area contributed by atoms with Crippen molar-refractivity contribution in [1.29, 1.82) is 0 Å². The first kappa shape index (κ1) is 17.0. The normalized spacial score (nSPS) is 20.7. The van der Waals surface area contributed by atoms with Gasteiger partial charge in [-0.25, -0.2) is 4.39 Å². The molecule has 0 saturated carbocycles. The smallest absolute Gasteiger partial charge is 0.220 e. The first-order valence-electron chi connectivity index (χ1n) is 8.07. The Labute approximate surface area is 146 Å². The minimum atomic E-state index is -0.221. The van der Waals surface area contributed by atoms with Gasteiger partial charge in [0.05, 0.1) is 6.04 Å². The first-order valence-corrected chi connectivity index (χ1v) is 9.30. The Morgan fingerprint density at radius 1 is 1.25 bits per heavy atom. The van der Waals surface area contributed by atoms with E-state index in [-0.39, 0.29) is 23.8 Å². The van der Waals surface area contributed by atoms with Crippen LogP contribution in [0.1, 0.15) is 30.0 Å². The fraction of sp³-hybridized carbons (Fsp3) is 0.316. The predicted octanol–water partition coefficient (Wildman–Crippen LogP) is 3.66. The van der Waals surface area contributed by atoms with E-state index in [9.17, 15) is 9.18 Å². The van der Waals surface area contributed by atoms with Gasteiger partial charge in [-0.05, 0) is 42.0 Å². The molecule has 2 aromatic rings. The van der Waals surface area contributed by atoms with Gasteiger partial charge in [-0.15, -0.1) is 11.8 Å². The number of carbonyl (C=O) groups is 1. The van der Waals surface area contributed by atoms with Crippen molar-refractivity contribution in [3.8, 4) is 0 Å². The zero-order valence-electron chi connectivity index (χ0n) is 13.6. The maximum Gasteiger partial charge on any atom is 0.220 e. The first-order chi connectivity index (χ1) is 11.7. The van der Waals surface area contributed by atoms with E-state index in [1.54, 1.807) is 17.8 Å². The lowest BCUT2D eigenvalue weighted by atomic mass is 9.92. The largest absolute Gasteiger partial charge is 0.348 e. The molecule has 0 radical (unpaired) electrons. The third-order valence-corrected chi connectivity index (χ3v) is 5.20. The number of amides is 1. The zero-order chi connectivity index (χ0) is 16.9. The molecule has 126 valence electrons. The monoisotopic (exact) mass is 344 g/mol. The lowest BCUT2D eigenvalue weighted by molar-refractivity contribution is -0.123. The Bertz CT molecular complexity index is 708. The van der Waals surface area contributed by atoms with Crippen LogP contribution in [0.5, 0.6) is 0 Å². The molecule has 3 nitrogen and oxygen atoms in total. The van der Waals surface area contributed by atoms with E-state index < -0.39 is 0 Å². The Balaban J connectivity index is 1.75. The number of nitrogens with one attached hydrogen (secondary N) is 2. The van der Waals surface area contributed by atoms with Crippen molar-refractivity contribution in [2.24, 2.45) is 0 Å². The van der Waals surface area contributed by atoms with Gasteiger partial charge in [-0.1, -0.05) is 30.3 Å². The van der Waals surface area contributed by atoms with Crippen molar-refractivity contribution in [2.75, 3.05) is 6.26 Å². The summed E-state index contributed by atoms with van der Waals surface area (Å²) in [6, 6.07) is 14.9. The summed E-state index contributed by atoms with van der Waals surface area (Å²) in [5.74, 6) is -0.140. The average molecular weight is 344 g/mol. The third-order valence-electron chi connectivity index (χ3n) is 4.36. The van der Waals surface area contributed by atoms with E-state index in [1.807, 2.05) is 42.7 Å². The molecule has 5 heteroatoms. The van der Waals surface area contributed by atoms with Gasteiger partial charge in [-0.3, -0.25) is 4.79 Å². The molecular weight excluding hydrogens is 323 g/mol. The number of halogens is 1. The van der Waals surface area contributed by atoms with E-state index in [1.165, 1.54) is 6.07 Å². The standard InChI is InChI=1S/C19H21FN2OS/c1-24-17-9-7-15(20)11-14(17)12-21-16-8-10-18(23)22-19(16)13-5-3-2-4-6-13/h2-7,9,11,16,19,21H,8,10,12H2,1H3,(H,22,23)/t16-,19-/m0/s1. The Morgan fingerprint density at radius 3 is 2.79 bits per heavy atom. The van der Waals surface area contributed by atoms with Crippen molar-refractivity contribution in [1.82, 2.24) is 10.6 Å². The number of benzene rings is 2. The molecule has 3 rings (SSSR count). The van der Waals surface area contributed by atoms with Crippen LogP contribution in [0.3, 0.4) is 0 Å². The Hall–Kier alpha value is -1.85. The quantitative estimate of drug-likeness (QED) is 0.814. The van der Waals surface area contributed by atoms with Gasteiger partial charge in [0.15, 0.2) is 0 Å². The van der Waals surface area contributed by atoms with E-state index in [0.717, 1.165) is 22.4 Å². The maximum absolute atomic E-state index is 13.5. The lowest BCUT2D eigenvalue weighted by Crippen LogP contribution is -2.48. The van der Waals surface area contributed by atoms with Gasteiger partial charge < -0.3 is 10.6 Å². The number of hydrogen-bond donors (Lipinski definition) is 2. The lowest BCUT2D eigenvalue weighted by Gasteiger charge is -2.33. The molecule has 0 aliphatic carbocycles. The molecule has 1 saturated heterocycles. The fourth-order valence-electron chi connectivity index (χ4n) is 3.12. The van der Waals surface area contributed by atoms with Crippen LogP contribution in [0.25, 0.3) is 0 Å². The predicted molar refractivity (Wildman–Crippen MR) is 95.4 cm³/mol. The highest BCUT2D eigenvalue weighted by Gasteiger charge is 2.29. The molecule has 2 N–H and O–H groups in total. The summed E-state index contributed by atoms with van der Waals surface area (Å²) in [6.45, 7) is 0.581. The summed E-state index contributed by atoms with van der Waals surface area (Å²) in [4.78, 5) is 12.9. The van der Waals surface area contributed by atoms with Crippen molar-refractivity contribution >= 4 is 17.7 Å². The topological polar surface area (TPSA) is 41.1 Å². The molecule has 0 aromatic heterocycles. The van der Waals surface area contributed by atoms with E-state index in [4.69, 9.17) is 0 Å². The molecule has 24 heavy (non-hydrogen) atoms. The third kappa shape index (κ3) is 3.97. The van der Waals surface area contributed by atoms with Crippen molar-refractivity contribution in [2.45, 2.75) is 36.4 Å². The van der Waals surface area contributed by atoms with Gasteiger partial charge in [0.2, 0.25) is 5.91 Å². The van der Waals surface area contributed by atoms with E-state index in [0.29, 0.717) is 13.0 Å². The maximum atomic E-state index is 13.5. The molecule has 1 heterocycles. The van der Waals surface area contributed by atoms with Crippen LogP contribution in [0, 0.1) is 5.82 Å². The highest BCUT2D eigenvalue weighted by molar-refractivity contribution is 7.98. The summed E-state index contributed by atoms with van der Waals surface area (Å²) >= 11 is 1.61. The molecule has 1 aliphatic rings. The molecule has 1 fully saturated rings. The number of rotatable bonds is 5. The summed E-state index contributed by atoms with van der Waals surface area (Å²) < 4.78 is 13.5. The molecule has 1 aliphatic heterocycles. The average Bonchev–Trinajstić information content (AvgIpc) is 2.61. The molecule has 0 spiro atoms. The van der Waals surface area contributed by atoms with Crippen LogP contribution in [0.15, 0.2) is 53.4 Å². The van der Waals surface area contributed by atoms with E-state index >= 15 is 0 Å².